The number of carbonyl (C=O) groups is 3. The molecule has 0 aromatic rings. The molecule has 15 heavy (non-hydrogen) atoms. The zero-order valence-electron chi connectivity index (χ0n) is 8.17. The van der Waals surface area contributed by atoms with Gasteiger partial charge in [-0.2, -0.15) is 0 Å². The topological polar surface area (TPSA) is 127 Å². The highest BCUT2D eigenvalue weighted by Crippen LogP contribution is 2.04. The fraction of sp³-hybridized carbons (Fsp3) is 0.625. The van der Waals surface area contributed by atoms with E-state index in [0.717, 1.165) is 0 Å². The van der Waals surface area contributed by atoms with Crippen molar-refractivity contribution in [2.45, 2.75) is 31.9 Å². The van der Waals surface area contributed by atoms with Crippen LogP contribution in [-0.2, 0) is 19.1 Å². The first-order valence-corrected chi connectivity index (χ1v) is 4.25. The molecule has 7 heteroatoms. The summed E-state index contributed by atoms with van der Waals surface area (Å²) in [5, 5.41) is 16.9. The van der Waals surface area contributed by atoms with Crippen LogP contribution < -0.4 is 5.73 Å². The highest BCUT2D eigenvalue weighted by atomic mass is 16.6. The number of carbonyl (C=O) groups excluding carboxylic acids is 1. The molecule has 0 radical (unpaired) electrons. The summed E-state index contributed by atoms with van der Waals surface area (Å²) in [6.45, 7) is 1.35. The van der Waals surface area contributed by atoms with Crippen molar-refractivity contribution < 1.29 is 29.3 Å². The Morgan fingerprint density at radius 2 is 1.87 bits per heavy atom. The smallest absolute Gasteiger partial charge is 0.345 e. The number of carboxylic acid groups (broad SMARTS) is 2. The van der Waals surface area contributed by atoms with Crippen LogP contribution in [0.15, 0.2) is 0 Å². The summed E-state index contributed by atoms with van der Waals surface area (Å²) in [5.74, 6) is -3.41. The first kappa shape index (κ1) is 13.4. The molecule has 0 spiro atoms. The average Bonchev–Trinajstić information content (AvgIpc) is 2.10. The van der Waals surface area contributed by atoms with Crippen LogP contribution in [0.5, 0.6) is 0 Å². The van der Waals surface area contributed by atoms with Gasteiger partial charge in [0.05, 0.1) is 0 Å². The molecule has 7 nitrogen and oxygen atoms in total. The van der Waals surface area contributed by atoms with E-state index in [1.54, 1.807) is 0 Å². The largest absolute Gasteiger partial charge is 0.481 e. The zero-order valence-corrected chi connectivity index (χ0v) is 8.17. The van der Waals surface area contributed by atoms with Crippen LogP contribution in [0.1, 0.15) is 19.8 Å². The lowest BCUT2D eigenvalue weighted by atomic mass is 10.2. The van der Waals surface area contributed by atoms with Crippen LogP contribution in [0.2, 0.25) is 0 Å². The first-order chi connectivity index (χ1) is 6.84. The van der Waals surface area contributed by atoms with E-state index in [4.69, 9.17) is 15.9 Å². The van der Waals surface area contributed by atoms with Gasteiger partial charge < -0.3 is 20.7 Å². The molecule has 0 saturated carbocycles. The number of aliphatic carboxylic acids is 2. The number of nitrogens with two attached hydrogens (primary N) is 1. The minimum Gasteiger partial charge on any atom is -0.481 e. The van der Waals surface area contributed by atoms with E-state index in [9.17, 15) is 14.4 Å². The maximum atomic E-state index is 10.9. The Morgan fingerprint density at radius 3 is 2.20 bits per heavy atom. The van der Waals surface area contributed by atoms with Gasteiger partial charge in [0, 0.05) is 12.8 Å². The quantitative estimate of drug-likeness (QED) is 0.498. The van der Waals surface area contributed by atoms with Crippen molar-refractivity contribution in [3.8, 4) is 0 Å². The van der Waals surface area contributed by atoms with Crippen molar-refractivity contribution in [1.29, 1.82) is 0 Å². The number of esters is 1. The molecule has 0 fully saturated rings. The highest BCUT2D eigenvalue weighted by Gasteiger charge is 2.24. The van der Waals surface area contributed by atoms with Crippen LogP contribution in [0.4, 0.5) is 0 Å². The molecule has 0 aliphatic carbocycles. The number of hydrogen-bond donors (Lipinski definition) is 3. The minimum atomic E-state index is -1.46. The van der Waals surface area contributed by atoms with E-state index in [0.29, 0.717) is 0 Å². The highest BCUT2D eigenvalue weighted by molar-refractivity contribution is 5.81. The summed E-state index contributed by atoms with van der Waals surface area (Å²) in [5.41, 5.74) is 5.16. The van der Waals surface area contributed by atoms with Crippen LogP contribution in [0, 0.1) is 0 Å². The van der Waals surface area contributed by atoms with Gasteiger partial charge in [0.1, 0.15) is 6.04 Å². The third-order valence-corrected chi connectivity index (χ3v) is 1.53. The van der Waals surface area contributed by atoms with Crippen LogP contribution in [0.25, 0.3) is 0 Å². The molecular formula is C8H13NO6. The normalized spacial score (nSPS) is 14.0. The number of rotatable bonds is 6. The van der Waals surface area contributed by atoms with Crippen LogP contribution in [-0.4, -0.2) is 40.3 Å². The molecule has 2 atom stereocenters. The number of ether oxygens (including phenoxy) is 1. The molecule has 0 heterocycles. The molecule has 0 bridgehead atoms. The van der Waals surface area contributed by atoms with Crippen molar-refractivity contribution in [1.82, 2.24) is 0 Å². The predicted molar refractivity (Wildman–Crippen MR) is 48.0 cm³/mol. The summed E-state index contributed by atoms with van der Waals surface area (Å²) in [7, 11) is 0. The van der Waals surface area contributed by atoms with Gasteiger partial charge in [0.25, 0.3) is 0 Å². The summed E-state index contributed by atoms with van der Waals surface area (Å²) >= 11 is 0. The monoisotopic (exact) mass is 219 g/mol. The number of hydrogen-bond acceptors (Lipinski definition) is 5. The Kier molecular flexibility index (Phi) is 5.32. The van der Waals surface area contributed by atoms with Gasteiger partial charge >= 0.3 is 17.9 Å². The first-order valence-electron chi connectivity index (χ1n) is 4.25. The van der Waals surface area contributed by atoms with Crippen molar-refractivity contribution in [2.24, 2.45) is 5.73 Å². The molecule has 1 unspecified atom stereocenters. The number of carboxylic acids is 2. The Bertz CT molecular complexity index is 262. The predicted octanol–water partition coefficient (Wildman–Crippen LogP) is -0.805. The van der Waals surface area contributed by atoms with Gasteiger partial charge in [-0.3, -0.25) is 9.59 Å². The Hall–Kier alpha value is -1.63. The molecule has 0 aromatic carbocycles. The summed E-state index contributed by atoms with van der Waals surface area (Å²) in [6.07, 6.45) is -2.12. The maximum Gasteiger partial charge on any atom is 0.345 e. The molecule has 0 aliphatic heterocycles. The third-order valence-electron chi connectivity index (χ3n) is 1.53. The molecular weight excluding hydrogens is 206 g/mol. The van der Waals surface area contributed by atoms with E-state index < -0.39 is 30.1 Å². The van der Waals surface area contributed by atoms with Gasteiger partial charge in [-0.25, -0.2) is 4.79 Å². The Balaban J connectivity index is 4.22. The summed E-state index contributed by atoms with van der Waals surface area (Å²) < 4.78 is 4.50. The van der Waals surface area contributed by atoms with Gasteiger partial charge in [0.15, 0.2) is 6.10 Å². The lowest BCUT2D eigenvalue weighted by Gasteiger charge is -2.13. The minimum absolute atomic E-state index is 0.275. The van der Waals surface area contributed by atoms with E-state index >= 15 is 0 Å². The van der Waals surface area contributed by atoms with E-state index in [-0.39, 0.29) is 12.8 Å². The lowest BCUT2D eigenvalue weighted by molar-refractivity contribution is -0.165. The fourth-order valence-electron chi connectivity index (χ4n) is 0.735. The van der Waals surface area contributed by atoms with Gasteiger partial charge in [-0.1, -0.05) is 0 Å². The standard InChI is InChI=1S/C8H13NO6/c1-4(9)8(14)15-5(7(12)13)2-3-6(10)11/h4-5H,2-3,9H2,1H3,(H,10,11)(H,12,13)/t4-,5?/m0/s1. The van der Waals surface area contributed by atoms with Gasteiger partial charge in [0.2, 0.25) is 0 Å². The zero-order chi connectivity index (χ0) is 12.0. The third kappa shape index (κ3) is 5.63. The molecule has 0 aliphatic rings. The van der Waals surface area contributed by atoms with Crippen molar-refractivity contribution in [3.05, 3.63) is 0 Å². The van der Waals surface area contributed by atoms with Crippen molar-refractivity contribution in [3.63, 3.8) is 0 Å². The second kappa shape index (κ2) is 5.97. The Labute approximate surface area is 85.8 Å². The average molecular weight is 219 g/mol. The lowest BCUT2D eigenvalue weighted by Crippen LogP contribution is -2.35. The Morgan fingerprint density at radius 1 is 1.33 bits per heavy atom. The second-order valence-corrected chi connectivity index (χ2v) is 2.98. The van der Waals surface area contributed by atoms with Gasteiger partial charge in [-0.15, -0.1) is 0 Å². The van der Waals surface area contributed by atoms with E-state index in [1.165, 1.54) is 6.92 Å². The SMILES string of the molecule is C[C@H](N)C(=O)OC(CCC(=O)O)C(=O)O. The molecule has 0 amide bonds. The van der Waals surface area contributed by atoms with E-state index in [2.05, 4.69) is 4.74 Å². The van der Waals surface area contributed by atoms with Gasteiger partial charge in [-0.05, 0) is 6.92 Å². The molecule has 0 aromatic heterocycles. The maximum absolute atomic E-state index is 10.9. The molecule has 86 valence electrons. The molecule has 4 N–H and O–H groups in total. The van der Waals surface area contributed by atoms with Crippen LogP contribution >= 0.6 is 0 Å². The van der Waals surface area contributed by atoms with Crippen LogP contribution in [0.3, 0.4) is 0 Å². The fourth-order valence-corrected chi connectivity index (χ4v) is 0.735. The van der Waals surface area contributed by atoms with Crippen molar-refractivity contribution >= 4 is 17.9 Å². The summed E-state index contributed by atoms with van der Waals surface area (Å²) in [6, 6.07) is -0.934. The molecule has 0 saturated heterocycles. The summed E-state index contributed by atoms with van der Waals surface area (Å²) in [4.78, 5) is 31.7. The molecule has 0 rings (SSSR count). The van der Waals surface area contributed by atoms with Crippen molar-refractivity contribution in [2.75, 3.05) is 0 Å². The van der Waals surface area contributed by atoms with E-state index in [1.807, 2.05) is 0 Å². The second-order valence-electron chi connectivity index (χ2n) is 2.98.